The Kier molecular flexibility index (Phi) is 7.94. The summed E-state index contributed by atoms with van der Waals surface area (Å²) >= 11 is 0. The Morgan fingerprint density at radius 1 is 1.05 bits per heavy atom. The lowest BCUT2D eigenvalue weighted by Gasteiger charge is -2.26. The zero-order chi connectivity index (χ0) is 15.7. The van der Waals surface area contributed by atoms with E-state index in [1.54, 1.807) is 14.2 Å². The van der Waals surface area contributed by atoms with Crippen LogP contribution in [0.2, 0.25) is 19.6 Å². The minimum absolute atomic E-state index is 0.0692. The van der Waals surface area contributed by atoms with Gasteiger partial charge in [0, 0.05) is 14.2 Å². The minimum atomic E-state index is -1.26. The van der Waals surface area contributed by atoms with Crippen molar-refractivity contribution in [2.75, 3.05) is 14.2 Å². The fourth-order valence-electron chi connectivity index (χ4n) is 2.53. The summed E-state index contributed by atoms with van der Waals surface area (Å²) in [6, 6.07) is 10.9. The minimum Gasteiger partial charge on any atom is -0.356 e. The van der Waals surface area contributed by atoms with Gasteiger partial charge in [-0.25, -0.2) is 0 Å². The first kappa shape index (κ1) is 18.1. The third kappa shape index (κ3) is 6.59. The summed E-state index contributed by atoms with van der Waals surface area (Å²) in [5.41, 5.74) is 2.03. The van der Waals surface area contributed by atoms with Crippen LogP contribution in [0.4, 0.5) is 0 Å². The van der Waals surface area contributed by atoms with Crippen LogP contribution in [-0.4, -0.2) is 28.6 Å². The van der Waals surface area contributed by atoms with Gasteiger partial charge < -0.3 is 9.47 Å². The number of hydrogen-bond donors (Lipinski definition) is 0. The number of methoxy groups -OCH3 is 2. The van der Waals surface area contributed by atoms with Crippen LogP contribution in [0.1, 0.15) is 30.4 Å². The standard InChI is InChI=1S/C18H30O2Si/c1-19-18(20-2)15-11-7-10-14-17(21(3,4)5)16-12-8-6-9-13-16/h6,8-10,12-14,17-18H,7,11,15H2,1-5H3/b14-10+/t17-/m0/s1. The molecule has 0 amide bonds. The Morgan fingerprint density at radius 3 is 2.19 bits per heavy atom. The third-order valence-corrected chi connectivity index (χ3v) is 6.15. The highest BCUT2D eigenvalue weighted by Crippen LogP contribution is 2.28. The van der Waals surface area contributed by atoms with Crippen LogP contribution in [0.15, 0.2) is 42.5 Å². The molecule has 1 aromatic carbocycles. The van der Waals surface area contributed by atoms with Crippen molar-refractivity contribution in [2.45, 2.75) is 50.7 Å². The molecule has 118 valence electrons. The highest BCUT2D eigenvalue weighted by atomic mass is 28.3. The molecule has 0 aliphatic carbocycles. The maximum absolute atomic E-state index is 5.21. The SMILES string of the molecule is COC(CCC/C=C/[C@@H](c1ccccc1)[Si](C)(C)C)OC. The highest BCUT2D eigenvalue weighted by molar-refractivity contribution is 6.78. The Labute approximate surface area is 131 Å². The molecular formula is C18H30O2Si. The summed E-state index contributed by atoms with van der Waals surface area (Å²) in [7, 11) is 2.13. The molecule has 0 saturated carbocycles. The molecule has 0 heterocycles. The van der Waals surface area contributed by atoms with Gasteiger partial charge in [0.15, 0.2) is 6.29 Å². The number of ether oxygens (including phenoxy) is 2. The van der Waals surface area contributed by atoms with Gasteiger partial charge in [-0.3, -0.25) is 0 Å². The molecule has 0 radical (unpaired) electrons. The maximum atomic E-state index is 5.21. The first-order valence-corrected chi connectivity index (χ1v) is 11.3. The molecule has 0 bridgehead atoms. The van der Waals surface area contributed by atoms with Gasteiger partial charge in [-0.2, -0.15) is 0 Å². The van der Waals surface area contributed by atoms with E-state index in [0.717, 1.165) is 19.3 Å². The Balaban J connectivity index is 2.57. The second kappa shape index (κ2) is 9.18. The van der Waals surface area contributed by atoms with E-state index in [4.69, 9.17) is 9.47 Å². The van der Waals surface area contributed by atoms with Crippen LogP contribution in [0, 0.1) is 0 Å². The molecule has 3 heteroatoms. The highest BCUT2D eigenvalue weighted by Gasteiger charge is 2.25. The number of hydrogen-bond acceptors (Lipinski definition) is 2. The molecule has 21 heavy (non-hydrogen) atoms. The van der Waals surface area contributed by atoms with Crippen molar-refractivity contribution in [3.8, 4) is 0 Å². The van der Waals surface area contributed by atoms with Gasteiger partial charge in [0.1, 0.15) is 0 Å². The average molecular weight is 307 g/mol. The van der Waals surface area contributed by atoms with Gasteiger partial charge in [0.2, 0.25) is 0 Å². The fourth-order valence-corrected chi connectivity index (χ4v) is 4.43. The Morgan fingerprint density at radius 2 is 1.67 bits per heavy atom. The molecule has 0 saturated heterocycles. The molecule has 0 aliphatic heterocycles. The third-order valence-electron chi connectivity index (χ3n) is 3.76. The van der Waals surface area contributed by atoms with Crippen molar-refractivity contribution in [1.29, 1.82) is 0 Å². The monoisotopic (exact) mass is 306 g/mol. The van der Waals surface area contributed by atoms with Crippen molar-refractivity contribution in [3.05, 3.63) is 48.0 Å². The van der Waals surface area contributed by atoms with Gasteiger partial charge in [-0.15, -0.1) is 0 Å². The van der Waals surface area contributed by atoms with E-state index in [0.29, 0.717) is 5.54 Å². The summed E-state index contributed by atoms with van der Waals surface area (Å²) in [4.78, 5) is 0. The normalized spacial score (nSPS) is 14.0. The predicted molar refractivity (Wildman–Crippen MR) is 93.3 cm³/mol. The summed E-state index contributed by atoms with van der Waals surface area (Å²) in [6.07, 6.45) is 7.79. The average Bonchev–Trinajstić information content (AvgIpc) is 2.46. The van der Waals surface area contributed by atoms with E-state index in [1.165, 1.54) is 5.56 Å². The Hall–Kier alpha value is -0.903. The quantitative estimate of drug-likeness (QED) is 0.277. The molecule has 0 aliphatic rings. The second-order valence-corrected chi connectivity index (χ2v) is 11.9. The smallest absolute Gasteiger partial charge is 0.156 e. The largest absolute Gasteiger partial charge is 0.356 e. The van der Waals surface area contributed by atoms with Crippen LogP contribution in [0.5, 0.6) is 0 Å². The van der Waals surface area contributed by atoms with Crippen molar-refractivity contribution < 1.29 is 9.47 Å². The van der Waals surface area contributed by atoms with Gasteiger partial charge in [-0.1, -0.05) is 62.1 Å². The topological polar surface area (TPSA) is 18.5 Å². The number of unbranched alkanes of at least 4 members (excludes halogenated alkanes) is 1. The zero-order valence-electron chi connectivity index (χ0n) is 14.1. The zero-order valence-corrected chi connectivity index (χ0v) is 15.1. The summed E-state index contributed by atoms with van der Waals surface area (Å²) in [6.45, 7) is 7.29. The first-order valence-electron chi connectivity index (χ1n) is 7.76. The number of allylic oxidation sites excluding steroid dienone is 2. The van der Waals surface area contributed by atoms with Crippen LogP contribution >= 0.6 is 0 Å². The molecule has 1 atom stereocenters. The fraction of sp³-hybridized carbons (Fsp3) is 0.556. The predicted octanol–water partition coefficient (Wildman–Crippen LogP) is 4.99. The van der Waals surface area contributed by atoms with Crippen LogP contribution in [0.25, 0.3) is 0 Å². The molecule has 0 fully saturated rings. The van der Waals surface area contributed by atoms with Crippen molar-refractivity contribution in [2.24, 2.45) is 0 Å². The van der Waals surface area contributed by atoms with Crippen LogP contribution in [-0.2, 0) is 9.47 Å². The maximum Gasteiger partial charge on any atom is 0.156 e. The molecular weight excluding hydrogens is 276 g/mol. The van der Waals surface area contributed by atoms with E-state index < -0.39 is 8.07 Å². The lowest BCUT2D eigenvalue weighted by molar-refractivity contribution is -0.106. The van der Waals surface area contributed by atoms with E-state index in [2.05, 4.69) is 62.1 Å². The summed E-state index contributed by atoms with van der Waals surface area (Å²) in [5.74, 6) is 0. The van der Waals surface area contributed by atoms with Crippen molar-refractivity contribution >= 4 is 8.07 Å². The van der Waals surface area contributed by atoms with Gasteiger partial charge in [-0.05, 0) is 30.4 Å². The molecule has 1 aromatic rings. The second-order valence-electron chi connectivity index (χ2n) is 6.51. The van der Waals surface area contributed by atoms with Gasteiger partial charge in [0.25, 0.3) is 0 Å². The van der Waals surface area contributed by atoms with Crippen molar-refractivity contribution in [3.63, 3.8) is 0 Å². The molecule has 1 rings (SSSR count). The van der Waals surface area contributed by atoms with E-state index in [1.807, 2.05) is 0 Å². The van der Waals surface area contributed by atoms with Crippen molar-refractivity contribution in [1.82, 2.24) is 0 Å². The number of benzene rings is 1. The van der Waals surface area contributed by atoms with Crippen LogP contribution in [0.3, 0.4) is 0 Å². The number of rotatable bonds is 9. The lowest BCUT2D eigenvalue weighted by atomic mass is 10.1. The molecule has 0 unspecified atom stereocenters. The first-order chi connectivity index (χ1) is 9.99. The van der Waals surface area contributed by atoms with Gasteiger partial charge in [0.05, 0.1) is 8.07 Å². The Bertz CT molecular complexity index is 405. The molecule has 0 aromatic heterocycles. The van der Waals surface area contributed by atoms with E-state index in [9.17, 15) is 0 Å². The molecule has 2 nitrogen and oxygen atoms in total. The van der Waals surface area contributed by atoms with Gasteiger partial charge >= 0.3 is 0 Å². The van der Waals surface area contributed by atoms with E-state index >= 15 is 0 Å². The summed E-state index contributed by atoms with van der Waals surface area (Å²) < 4.78 is 10.4. The summed E-state index contributed by atoms with van der Waals surface area (Å²) in [5, 5.41) is 0. The lowest BCUT2D eigenvalue weighted by Crippen LogP contribution is -2.29. The van der Waals surface area contributed by atoms with Crippen LogP contribution < -0.4 is 0 Å². The van der Waals surface area contributed by atoms with E-state index in [-0.39, 0.29) is 6.29 Å². The molecule has 0 spiro atoms. The molecule has 0 N–H and O–H groups in total.